The van der Waals surface area contributed by atoms with Crippen molar-refractivity contribution in [3.8, 4) is 17.2 Å². The average molecular weight is 595 g/mol. The molecular weight excluding hydrogens is 536 g/mol. The molecule has 0 spiro atoms. The molecule has 4 aliphatic rings. The standard InChI is InChI=1S/C38H58O5/c1-7-8-9-10-11-12-13-27-15-17-31-30-16-14-28-25-29(18-20-38(28,3)32(30)19-21-37(27,31)2)43-35(39)24-26-22-33(40-4)36(42-6)34(23-26)41-5/h14,22-23,27,29-32H,7-13,15-21,24-25H2,1-6H3/t27?,29-,30?,31?,32?,37+,38-/m0/s1. The zero-order chi connectivity index (χ0) is 30.6. The number of rotatable bonds is 13. The van der Waals surface area contributed by atoms with Gasteiger partial charge >= 0.3 is 5.97 Å². The van der Waals surface area contributed by atoms with Crippen molar-refractivity contribution >= 4 is 5.97 Å². The van der Waals surface area contributed by atoms with E-state index in [2.05, 4.69) is 26.8 Å². The van der Waals surface area contributed by atoms with Crippen molar-refractivity contribution in [3.05, 3.63) is 29.3 Å². The number of carbonyl (C=O) groups is 1. The van der Waals surface area contributed by atoms with Gasteiger partial charge in [-0.05, 0) is 104 Å². The number of benzene rings is 1. The van der Waals surface area contributed by atoms with Crippen LogP contribution in [0.15, 0.2) is 23.8 Å². The van der Waals surface area contributed by atoms with Gasteiger partial charge in [0, 0.05) is 6.42 Å². The zero-order valence-corrected chi connectivity index (χ0v) is 28.0. The third kappa shape index (κ3) is 6.47. The Labute approximate surface area is 261 Å². The Hall–Kier alpha value is -2.17. The molecule has 3 fully saturated rings. The quantitative estimate of drug-likeness (QED) is 0.129. The highest BCUT2D eigenvalue weighted by molar-refractivity contribution is 5.74. The molecule has 3 saturated carbocycles. The Balaban J connectivity index is 1.18. The molecule has 0 heterocycles. The number of unbranched alkanes of at least 4 members (excludes halogenated alkanes) is 5. The molecule has 5 heteroatoms. The van der Waals surface area contributed by atoms with E-state index in [1.165, 1.54) is 77.0 Å². The number of esters is 1. The molecule has 0 aliphatic heterocycles. The van der Waals surface area contributed by atoms with Crippen molar-refractivity contribution in [2.24, 2.45) is 34.5 Å². The van der Waals surface area contributed by atoms with E-state index in [1.54, 1.807) is 26.9 Å². The minimum absolute atomic E-state index is 0.0348. The minimum Gasteiger partial charge on any atom is -0.493 e. The van der Waals surface area contributed by atoms with Crippen LogP contribution < -0.4 is 14.2 Å². The molecule has 1 aromatic rings. The molecule has 0 aromatic heterocycles. The first kappa shape index (κ1) is 32.2. The Morgan fingerprint density at radius 2 is 1.58 bits per heavy atom. The molecule has 0 saturated heterocycles. The minimum atomic E-state index is -0.187. The fraction of sp³-hybridized carbons (Fsp3) is 0.763. The molecule has 4 aliphatic carbocycles. The maximum absolute atomic E-state index is 13.1. The van der Waals surface area contributed by atoms with Crippen molar-refractivity contribution in [2.45, 2.75) is 130 Å². The summed E-state index contributed by atoms with van der Waals surface area (Å²) < 4.78 is 22.5. The Kier molecular flexibility index (Phi) is 10.4. The van der Waals surface area contributed by atoms with Gasteiger partial charge in [0.15, 0.2) is 11.5 Å². The van der Waals surface area contributed by atoms with Crippen LogP contribution in [0.3, 0.4) is 0 Å². The number of carbonyl (C=O) groups excluding carboxylic acids is 1. The molecule has 0 radical (unpaired) electrons. The highest BCUT2D eigenvalue weighted by Crippen LogP contribution is 2.66. The van der Waals surface area contributed by atoms with Gasteiger partial charge in [-0.2, -0.15) is 0 Å². The predicted octanol–water partition coefficient (Wildman–Crippen LogP) is 9.50. The maximum Gasteiger partial charge on any atom is 0.310 e. The summed E-state index contributed by atoms with van der Waals surface area (Å²) in [6.07, 6.45) is 22.6. The number of fused-ring (bicyclic) bond motifs is 5. The van der Waals surface area contributed by atoms with E-state index in [0.29, 0.717) is 22.7 Å². The van der Waals surface area contributed by atoms with Gasteiger partial charge in [-0.15, -0.1) is 0 Å². The van der Waals surface area contributed by atoms with Gasteiger partial charge in [-0.1, -0.05) is 70.9 Å². The maximum atomic E-state index is 13.1. The number of allylic oxidation sites excluding steroid dienone is 1. The summed E-state index contributed by atoms with van der Waals surface area (Å²) in [4.78, 5) is 13.1. The van der Waals surface area contributed by atoms with Gasteiger partial charge in [0.1, 0.15) is 6.10 Å². The lowest BCUT2D eigenvalue weighted by atomic mass is 9.47. The van der Waals surface area contributed by atoms with Gasteiger partial charge in [0.05, 0.1) is 27.8 Å². The van der Waals surface area contributed by atoms with Crippen molar-refractivity contribution in [1.29, 1.82) is 0 Å². The molecule has 7 atom stereocenters. The van der Waals surface area contributed by atoms with Crippen molar-refractivity contribution in [1.82, 2.24) is 0 Å². The summed E-state index contributed by atoms with van der Waals surface area (Å²) in [5.41, 5.74) is 3.18. The van der Waals surface area contributed by atoms with Crippen molar-refractivity contribution < 1.29 is 23.7 Å². The predicted molar refractivity (Wildman–Crippen MR) is 173 cm³/mol. The summed E-state index contributed by atoms with van der Waals surface area (Å²) in [5.74, 6) is 4.90. The van der Waals surface area contributed by atoms with Crippen LogP contribution in [0.4, 0.5) is 0 Å². The second kappa shape index (κ2) is 13.9. The molecule has 240 valence electrons. The monoisotopic (exact) mass is 594 g/mol. The summed E-state index contributed by atoms with van der Waals surface area (Å²) in [6, 6.07) is 3.67. The van der Waals surface area contributed by atoms with E-state index >= 15 is 0 Å². The molecule has 5 rings (SSSR count). The van der Waals surface area contributed by atoms with Crippen LogP contribution in [-0.4, -0.2) is 33.4 Å². The lowest BCUT2D eigenvalue weighted by molar-refractivity contribution is -0.150. The smallest absolute Gasteiger partial charge is 0.310 e. The lowest BCUT2D eigenvalue weighted by Gasteiger charge is -2.58. The fourth-order valence-corrected chi connectivity index (χ4v) is 10.1. The van der Waals surface area contributed by atoms with E-state index < -0.39 is 0 Å². The SMILES string of the molecule is CCCCCCCCC1CCC2C3CC=C4C[C@@H](OC(=O)Cc5cc(OC)c(OC)c(OC)c5)CC[C@]4(C)C3CC[C@]12C. The van der Waals surface area contributed by atoms with Gasteiger partial charge < -0.3 is 18.9 Å². The molecule has 43 heavy (non-hydrogen) atoms. The van der Waals surface area contributed by atoms with Crippen LogP contribution in [0.25, 0.3) is 0 Å². The van der Waals surface area contributed by atoms with Gasteiger partial charge in [-0.3, -0.25) is 4.79 Å². The van der Waals surface area contributed by atoms with E-state index in [0.717, 1.165) is 48.5 Å². The topological polar surface area (TPSA) is 54.0 Å². The average Bonchev–Trinajstić information content (AvgIpc) is 3.34. The molecule has 0 amide bonds. The molecule has 1 aromatic carbocycles. The number of ether oxygens (including phenoxy) is 4. The van der Waals surface area contributed by atoms with E-state index in [9.17, 15) is 4.79 Å². The number of methoxy groups -OCH3 is 3. The van der Waals surface area contributed by atoms with E-state index in [4.69, 9.17) is 18.9 Å². The zero-order valence-electron chi connectivity index (χ0n) is 28.0. The van der Waals surface area contributed by atoms with E-state index in [1.807, 2.05) is 12.1 Å². The van der Waals surface area contributed by atoms with Crippen LogP contribution in [0.2, 0.25) is 0 Å². The van der Waals surface area contributed by atoms with Crippen molar-refractivity contribution in [3.63, 3.8) is 0 Å². The number of hydrogen-bond donors (Lipinski definition) is 0. The summed E-state index contributed by atoms with van der Waals surface area (Å²) in [6.45, 7) is 7.53. The molecule has 4 unspecified atom stereocenters. The second-order valence-electron chi connectivity index (χ2n) is 14.7. The van der Waals surface area contributed by atoms with Gasteiger partial charge in [0.25, 0.3) is 0 Å². The van der Waals surface area contributed by atoms with Crippen LogP contribution in [0.5, 0.6) is 17.2 Å². The highest BCUT2D eigenvalue weighted by atomic mass is 16.5. The molecule has 5 nitrogen and oxygen atoms in total. The third-order valence-corrected chi connectivity index (χ3v) is 12.5. The molecule has 0 N–H and O–H groups in total. The Morgan fingerprint density at radius 3 is 2.28 bits per heavy atom. The second-order valence-corrected chi connectivity index (χ2v) is 14.7. The Bertz CT molecular complexity index is 1120. The Morgan fingerprint density at radius 1 is 0.860 bits per heavy atom. The molecular formula is C38H58O5. The van der Waals surface area contributed by atoms with Crippen LogP contribution >= 0.6 is 0 Å². The summed E-state index contributed by atoms with van der Waals surface area (Å²) in [7, 11) is 4.77. The third-order valence-electron chi connectivity index (χ3n) is 12.5. The normalized spacial score (nSPS) is 33.1. The first-order chi connectivity index (χ1) is 20.8. The van der Waals surface area contributed by atoms with Crippen LogP contribution in [-0.2, 0) is 16.0 Å². The van der Waals surface area contributed by atoms with E-state index in [-0.39, 0.29) is 23.9 Å². The summed E-state index contributed by atoms with van der Waals surface area (Å²) >= 11 is 0. The highest BCUT2D eigenvalue weighted by Gasteiger charge is 2.58. The number of hydrogen-bond acceptors (Lipinski definition) is 5. The lowest BCUT2D eigenvalue weighted by Crippen LogP contribution is -2.50. The first-order valence-electron chi connectivity index (χ1n) is 17.4. The largest absolute Gasteiger partial charge is 0.493 e. The van der Waals surface area contributed by atoms with Crippen molar-refractivity contribution in [2.75, 3.05) is 21.3 Å². The fourth-order valence-electron chi connectivity index (χ4n) is 10.1. The van der Waals surface area contributed by atoms with Gasteiger partial charge in [0.2, 0.25) is 5.75 Å². The first-order valence-corrected chi connectivity index (χ1v) is 17.4. The summed E-state index contributed by atoms with van der Waals surface area (Å²) in [5, 5.41) is 0. The molecule has 0 bridgehead atoms. The van der Waals surface area contributed by atoms with Gasteiger partial charge in [-0.25, -0.2) is 0 Å². The van der Waals surface area contributed by atoms with Crippen LogP contribution in [0.1, 0.15) is 123 Å². The van der Waals surface area contributed by atoms with Crippen LogP contribution in [0, 0.1) is 34.5 Å².